The van der Waals surface area contributed by atoms with Gasteiger partial charge in [0, 0.05) is 26.5 Å². The number of nitrogens with one attached hydrogen (secondary N) is 1. The number of nitrogens with zero attached hydrogens (tertiary/aromatic N) is 4. The summed E-state index contributed by atoms with van der Waals surface area (Å²) in [5.41, 5.74) is 6.31. The van der Waals surface area contributed by atoms with E-state index in [1.165, 1.54) is 4.68 Å². The van der Waals surface area contributed by atoms with E-state index in [4.69, 9.17) is 15.9 Å². The van der Waals surface area contributed by atoms with Gasteiger partial charge in [-0.15, -0.1) is 0 Å². The number of rotatable bonds is 3. The van der Waals surface area contributed by atoms with Gasteiger partial charge >= 0.3 is 5.97 Å². The standard InChI is InChI=1S/C7H10N2O2.C5H8N4/c1-3-11-7(10)6-4-5-8-9(6)2;1-9-4(5(6)7)2-3-8-9/h4-5H,3H2,1-2H3;2-3H,1H3,(H3,6,7). The lowest BCUT2D eigenvalue weighted by Gasteiger charge is -2.00. The van der Waals surface area contributed by atoms with E-state index in [1.54, 1.807) is 50.2 Å². The minimum atomic E-state index is -0.326. The van der Waals surface area contributed by atoms with Crippen molar-refractivity contribution in [3.05, 3.63) is 35.9 Å². The fourth-order valence-electron chi connectivity index (χ4n) is 1.42. The van der Waals surface area contributed by atoms with Gasteiger partial charge in [-0.05, 0) is 19.1 Å². The Morgan fingerprint density at radius 2 is 1.75 bits per heavy atom. The molecule has 0 saturated heterocycles. The molecule has 0 amide bonds. The van der Waals surface area contributed by atoms with Crippen molar-refractivity contribution in [2.24, 2.45) is 19.8 Å². The van der Waals surface area contributed by atoms with Gasteiger partial charge in [0.25, 0.3) is 0 Å². The molecule has 3 N–H and O–H groups in total. The lowest BCUT2D eigenvalue weighted by molar-refractivity contribution is 0.0513. The van der Waals surface area contributed by atoms with E-state index in [-0.39, 0.29) is 11.8 Å². The number of nitrogens with two attached hydrogens (primary N) is 1. The molecule has 8 heteroatoms. The molecule has 0 spiro atoms. The van der Waals surface area contributed by atoms with E-state index in [0.29, 0.717) is 18.0 Å². The van der Waals surface area contributed by atoms with Crippen LogP contribution in [0.4, 0.5) is 0 Å². The van der Waals surface area contributed by atoms with Gasteiger partial charge in [0.05, 0.1) is 6.61 Å². The molecule has 0 fully saturated rings. The molecule has 0 aliphatic rings. The third-order valence-electron chi connectivity index (χ3n) is 2.40. The second-order valence-corrected chi connectivity index (χ2v) is 3.81. The van der Waals surface area contributed by atoms with Crippen molar-refractivity contribution in [1.82, 2.24) is 19.6 Å². The van der Waals surface area contributed by atoms with Crippen LogP contribution in [0.1, 0.15) is 23.1 Å². The summed E-state index contributed by atoms with van der Waals surface area (Å²) >= 11 is 0. The van der Waals surface area contributed by atoms with E-state index < -0.39 is 0 Å². The molecule has 0 aromatic carbocycles. The van der Waals surface area contributed by atoms with Crippen LogP contribution in [0, 0.1) is 5.41 Å². The van der Waals surface area contributed by atoms with E-state index in [9.17, 15) is 4.79 Å². The lowest BCUT2D eigenvalue weighted by Crippen LogP contribution is -2.15. The Hall–Kier alpha value is -2.64. The number of carbonyl (C=O) groups is 1. The lowest BCUT2D eigenvalue weighted by atomic mass is 10.4. The number of hydrogen-bond acceptors (Lipinski definition) is 5. The topological polar surface area (TPSA) is 112 Å². The summed E-state index contributed by atoms with van der Waals surface area (Å²) in [6.45, 7) is 2.16. The third kappa shape index (κ3) is 3.94. The number of amidine groups is 1. The fourth-order valence-corrected chi connectivity index (χ4v) is 1.42. The highest BCUT2D eigenvalue weighted by atomic mass is 16.5. The normalized spacial score (nSPS) is 9.55. The van der Waals surface area contributed by atoms with Crippen LogP contribution in [0.15, 0.2) is 24.5 Å². The minimum Gasteiger partial charge on any atom is -0.461 e. The molecule has 0 saturated carbocycles. The average molecular weight is 278 g/mol. The monoisotopic (exact) mass is 278 g/mol. The molecule has 0 unspecified atom stereocenters. The Balaban J connectivity index is 0.000000204. The number of esters is 1. The molecular weight excluding hydrogens is 260 g/mol. The largest absolute Gasteiger partial charge is 0.461 e. The van der Waals surface area contributed by atoms with Crippen molar-refractivity contribution in [2.45, 2.75) is 6.92 Å². The van der Waals surface area contributed by atoms with Gasteiger partial charge in [-0.2, -0.15) is 10.2 Å². The van der Waals surface area contributed by atoms with Gasteiger partial charge in [-0.3, -0.25) is 14.8 Å². The Morgan fingerprint density at radius 3 is 2.05 bits per heavy atom. The highest BCUT2D eigenvalue weighted by molar-refractivity contribution is 5.93. The Kier molecular flexibility index (Phi) is 5.45. The number of aromatic nitrogens is 4. The molecule has 0 aliphatic heterocycles. The first-order chi connectivity index (χ1) is 9.47. The highest BCUT2D eigenvalue weighted by Gasteiger charge is 2.09. The van der Waals surface area contributed by atoms with Gasteiger partial charge in [0.15, 0.2) is 0 Å². The summed E-state index contributed by atoms with van der Waals surface area (Å²) in [5.74, 6) is -0.275. The van der Waals surface area contributed by atoms with Crippen molar-refractivity contribution >= 4 is 11.8 Å². The van der Waals surface area contributed by atoms with Gasteiger partial charge in [0.1, 0.15) is 17.2 Å². The maximum absolute atomic E-state index is 11.0. The van der Waals surface area contributed by atoms with Crippen molar-refractivity contribution in [2.75, 3.05) is 6.61 Å². The van der Waals surface area contributed by atoms with Gasteiger partial charge in [-0.25, -0.2) is 4.79 Å². The Morgan fingerprint density at radius 1 is 1.25 bits per heavy atom. The highest BCUT2D eigenvalue weighted by Crippen LogP contribution is 1.98. The molecule has 20 heavy (non-hydrogen) atoms. The maximum atomic E-state index is 11.0. The van der Waals surface area contributed by atoms with Crippen LogP contribution in [0.5, 0.6) is 0 Å². The number of carbonyl (C=O) groups excluding carboxylic acids is 1. The van der Waals surface area contributed by atoms with Gasteiger partial charge < -0.3 is 10.5 Å². The molecule has 2 aromatic rings. The van der Waals surface area contributed by atoms with Crippen LogP contribution in [-0.4, -0.2) is 38.0 Å². The summed E-state index contributed by atoms with van der Waals surface area (Å²) in [6, 6.07) is 3.32. The molecule has 2 rings (SSSR count). The Labute approximate surface area is 116 Å². The van der Waals surface area contributed by atoms with Crippen LogP contribution in [0.3, 0.4) is 0 Å². The Bertz CT molecular complexity index is 586. The van der Waals surface area contributed by atoms with Crippen LogP contribution in [0.2, 0.25) is 0 Å². The summed E-state index contributed by atoms with van der Waals surface area (Å²) < 4.78 is 7.81. The quantitative estimate of drug-likeness (QED) is 0.476. The zero-order chi connectivity index (χ0) is 15.1. The minimum absolute atomic E-state index is 0.0509. The smallest absolute Gasteiger partial charge is 0.356 e. The molecule has 2 aromatic heterocycles. The number of hydrogen-bond donors (Lipinski definition) is 2. The number of nitrogen functional groups attached to an aromatic ring is 1. The van der Waals surface area contributed by atoms with E-state index >= 15 is 0 Å². The predicted octanol–water partition coefficient (Wildman–Crippen LogP) is 0.301. The summed E-state index contributed by atoms with van der Waals surface area (Å²) in [7, 11) is 3.45. The molecule has 2 heterocycles. The molecule has 0 aliphatic carbocycles. The molecule has 0 radical (unpaired) electrons. The van der Waals surface area contributed by atoms with Crippen molar-refractivity contribution in [3.63, 3.8) is 0 Å². The summed E-state index contributed by atoms with van der Waals surface area (Å²) in [4.78, 5) is 11.0. The van der Waals surface area contributed by atoms with E-state index in [1.807, 2.05) is 0 Å². The zero-order valence-corrected chi connectivity index (χ0v) is 11.7. The summed E-state index contributed by atoms with van der Waals surface area (Å²) in [5, 5.41) is 14.7. The average Bonchev–Trinajstić information content (AvgIpc) is 2.98. The van der Waals surface area contributed by atoms with E-state index in [2.05, 4.69) is 10.2 Å². The molecule has 8 nitrogen and oxygen atoms in total. The second kappa shape index (κ2) is 7.07. The first-order valence-corrected chi connectivity index (χ1v) is 5.94. The third-order valence-corrected chi connectivity index (χ3v) is 2.40. The molecule has 0 bridgehead atoms. The van der Waals surface area contributed by atoms with Crippen molar-refractivity contribution < 1.29 is 9.53 Å². The summed E-state index contributed by atoms with van der Waals surface area (Å²) in [6.07, 6.45) is 3.17. The number of ether oxygens (including phenoxy) is 1. The van der Waals surface area contributed by atoms with Gasteiger partial charge in [-0.1, -0.05) is 0 Å². The molecule has 108 valence electrons. The van der Waals surface area contributed by atoms with Crippen LogP contribution in [-0.2, 0) is 18.8 Å². The van der Waals surface area contributed by atoms with Gasteiger partial charge in [0.2, 0.25) is 0 Å². The van der Waals surface area contributed by atoms with Crippen molar-refractivity contribution in [1.29, 1.82) is 5.41 Å². The second-order valence-electron chi connectivity index (χ2n) is 3.81. The first-order valence-electron chi connectivity index (χ1n) is 5.94. The van der Waals surface area contributed by atoms with E-state index in [0.717, 1.165) is 0 Å². The van der Waals surface area contributed by atoms with Crippen molar-refractivity contribution in [3.8, 4) is 0 Å². The molecule has 0 atom stereocenters. The molecular formula is C12H18N6O2. The fraction of sp³-hybridized carbons (Fsp3) is 0.333. The van der Waals surface area contributed by atoms with Crippen LogP contribution in [0.25, 0.3) is 0 Å². The maximum Gasteiger partial charge on any atom is 0.356 e. The SMILES string of the molecule is CCOC(=O)c1ccnn1C.Cn1nccc1C(=N)N. The zero-order valence-electron chi connectivity index (χ0n) is 11.7. The van der Waals surface area contributed by atoms with Crippen LogP contribution >= 0.6 is 0 Å². The number of aryl methyl sites for hydroxylation is 2. The van der Waals surface area contributed by atoms with Crippen LogP contribution < -0.4 is 5.73 Å². The first kappa shape index (κ1) is 15.4. The predicted molar refractivity (Wildman–Crippen MR) is 73.4 cm³/mol.